The van der Waals surface area contributed by atoms with Crippen molar-refractivity contribution in [3.8, 4) is 0 Å². The van der Waals surface area contributed by atoms with Crippen LogP contribution in [0.4, 0.5) is 0 Å². The number of hydrogen-bond acceptors (Lipinski definition) is 5. The Morgan fingerprint density at radius 2 is 2.00 bits per heavy atom. The number of benzene rings is 1. The Balaban J connectivity index is 2.19. The summed E-state index contributed by atoms with van der Waals surface area (Å²) in [6.07, 6.45) is -0.498. The zero-order valence-corrected chi connectivity index (χ0v) is 14.2. The molecule has 0 radical (unpaired) electrons. The van der Waals surface area contributed by atoms with Crippen LogP contribution in [0.5, 0.6) is 0 Å². The lowest BCUT2D eigenvalue weighted by atomic mass is 10.2. The normalized spacial score (nSPS) is 12.6. The topological polar surface area (TPSA) is 92.9 Å². The summed E-state index contributed by atoms with van der Waals surface area (Å²) < 4.78 is 3.11. The van der Waals surface area contributed by atoms with Crippen LogP contribution in [0.2, 0.25) is 0 Å². The van der Waals surface area contributed by atoms with Crippen molar-refractivity contribution in [1.29, 1.82) is 0 Å². The number of aryl methyl sites for hydroxylation is 1. The minimum Gasteiger partial charge on any atom is -0.393 e. The fraction of sp³-hybridized carbons (Fsp3) is 0.312. The van der Waals surface area contributed by atoms with Crippen molar-refractivity contribution in [3.05, 3.63) is 56.7 Å². The highest BCUT2D eigenvalue weighted by Crippen LogP contribution is 2.23. The van der Waals surface area contributed by atoms with Gasteiger partial charge in [0.25, 0.3) is 5.56 Å². The number of nitrogens with one attached hydrogen (secondary N) is 1. The average Bonchev–Trinajstić information content (AvgIpc) is 2.91. The van der Waals surface area contributed by atoms with Gasteiger partial charge < -0.3 is 9.67 Å². The number of aromatic nitrogens is 4. The molecule has 0 spiro atoms. The van der Waals surface area contributed by atoms with Crippen LogP contribution in [0.1, 0.15) is 12.5 Å². The van der Waals surface area contributed by atoms with Gasteiger partial charge in [0.05, 0.1) is 12.6 Å². The monoisotopic (exact) mass is 346 g/mol. The Bertz CT molecular complexity index is 973. The standard InChI is InChI=1S/C16H18N4O3S/c1-10(21)9-24-16-17-13-12(14(22)18-15(23)19(13)2)20(16)8-11-6-4-3-5-7-11/h3-7,10,21H,8-9H2,1-2H3,(H,18,22,23)/t10-/m1/s1. The van der Waals surface area contributed by atoms with Gasteiger partial charge in [-0.3, -0.25) is 14.3 Å². The number of imidazole rings is 1. The molecular formula is C16H18N4O3S. The van der Waals surface area contributed by atoms with Crippen LogP contribution in [0.15, 0.2) is 45.1 Å². The highest BCUT2D eigenvalue weighted by atomic mass is 32.2. The summed E-state index contributed by atoms with van der Waals surface area (Å²) in [5.41, 5.74) is 0.759. The van der Waals surface area contributed by atoms with E-state index in [1.54, 1.807) is 18.5 Å². The number of rotatable bonds is 5. The molecule has 24 heavy (non-hydrogen) atoms. The molecule has 0 aliphatic rings. The molecular weight excluding hydrogens is 328 g/mol. The van der Waals surface area contributed by atoms with Gasteiger partial charge in [0.1, 0.15) is 0 Å². The molecule has 0 fully saturated rings. The Kier molecular flexibility index (Phi) is 4.59. The summed E-state index contributed by atoms with van der Waals surface area (Å²) in [6, 6.07) is 9.71. The van der Waals surface area contributed by atoms with Gasteiger partial charge in [0.2, 0.25) is 0 Å². The third-order valence-electron chi connectivity index (χ3n) is 3.61. The van der Waals surface area contributed by atoms with E-state index in [9.17, 15) is 14.7 Å². The molecule has 0 aliphatic heterocycles. The Morgan fingerprint density at radius 3 is 2.67 bits per heavy atom. The second-order valence-corrected chi connectivity index (χ2v) is 6.60. The summed E-state index contributed by atoms with van der Waals surface area (Å²) in [5, 5.41) is 10.1. The van der Waals surface area contributed by atoms with Gasteiger partial charge >= 0.3 is 5.69 Å². The van der Waals surface area contributed by atoms with Crippen LogP contribution in [0, 0.1) is 0 Å². The lowest BCUT2D eigenvalue weighted by molar-refractivity contribution is 0.220. The maximum Gasteiger partial charge on any atom is 0.329 e. The lowest BCUT2D eigenvalue weighted by Gasteiger charge is -2.09. The number of aliphatic hydroxyl groups is 1. The second kappa shape index (κ2) is 6.66. The van der Waals surface area contributed by atoms with Gasteiger partial charge in [-0.2, -0.15) is 0 Å². The van der Waals surface area contributed by atoms with Crippen LogP contribution >= 0.6 is 11.8 Å². The third-order valence-corrected chi connectivity index (χ3v) is 4.83. The molecule has 0 aliphatic carbocycles. The maximum absolute atomic E-state index is 12.3. The number of aromatic amines is 1. The minimum atomic E-state index is -0.498. The van der Waals surface area contributed by atoms with Crippen molar-refractivity contribution in [1.82, 2.24) is 19.1 Å². The second-order valence-electron chi connectivity index (χ2n) is 5.62. The first kappa shape index (κ1) is 16.5. The van der Waals surface area contributed by atoms with Gasteiger partial charge in [-0.1, -0.05) is 42.1 Å². The molecule has 1 atom stereocenters. The van der Waals surface area contributed by atoms with Gasteiger partial charge in [-0.05, 0) is 12.5 Å². The lowest BCUT2D eigenvalue weighted by Crippen LogP contribution is -2.29. The molecule has 0 saturated heterocycles. The highest BCUT2D eigenvalue weighted by molar-refractivity contribution is 7.99. The fourth-order valence-electron chi connectivity index (χ4n) is 2.43. The smallest absolute Gasteiger partial charge is 0.329 e. The van der Waals surface area contributed by atoms with Crippen molar-refractivity contribution < 1.29 is 5.11 Å². The zero-order valence-electron chi connectivity index (χ0n) is 13.4. The average molecular weight is 346 g/mol. The molecule has 1 aromatic carbocycles. The molecule has 2 N–H and O–H groups in total. The van der Waals surface area contributed by atoms with E-state index in [-0.39, 0.29) is 0 Å². The van der Waals surface area contributed by atoms with Crippen LogP contribution < -0.4 is 11.2 Å². The highest BCUT2D eigenvalue weighted by Gasteiger charge is 2.18. The van der Waals surface area contributed by atoms with E-state index >= 15 is 0 Å². The first-order valence-corrected chi connectivity index (χ1v) is 8.50. The number of aliphatic hydroxyl groups excluding tert-OH is 1. The Morgan fingerprint density at radius 1 is 1.29 bits per heavy atom. The Labute approximate surface area is 142 Å². The molecule has 2 heterocycles. The van der Waals surface area contributed by atoms with E-state index in [1.165, 1.54) is 16.3 Å². The minimum absolute atomic E-state index is 0.341. The van der Waals surface area contributed by atoms with Gasteiger partial charge in [-0.15, -0.1) is 0 Å². The van der Waals surface area contributed by atoms with E-state index < -0.39 is 17.4 Å². The quantitative estimate of drug-likeness (QED) is 0.671. The van der Waals surface area contributed by atoms with Crippen molar-refractivity contribution in [3.63, 3.8) is 0 Å². The van der Waals surface area contributed by atoms with Crippen molar-refractivity contribution >= 4 is 22.9 Å². The molecule has 0 bridgehead atoms. The predicted molar refractivity (Wildman–Crippen MR) is 93.5 cm³/mol. The maximum atomic E-state index is 12.3. The van der Waals surface area contributed by atoms with E-state index in [2.05, 4.69) is 9.97 Å². The molecule has 0 saturated carbocycles. The van der Waals surface area contributed by atoms with E-state index in [1.807, 2.05) is 30.3 Å². The van der Waals surface area contributed by atoms with Crippen LogP contribution in [-0.2, 0) is 13.6 Å². The Hall–Kier alpha value is -2.32. The number of H-pyrrole nitrogens is 1. The number of thioether (sulfide) groups is 1. The van der Waals surface area contributed by atoms with E-state index in [4.69, 9.17) is 0 Å². The van der Waals surface area contributed by atoms with Gasteiger partial charge in [0, 0.05) is 12.8 Å². The molecule has 126 valence electrons. The van der Waals surface area contributed by atoms with Crippen LogP contribution in [0.3, 0.4) is 0 Å². The van der Waals surface area contributed by atoms with Gasteiger partial charge in [-0.25, -0.2) is 9.78 Å². The molecule has 2 aromatic heterocycles. The largest absolute Gasteiger partial charge is 0.393 e. The fourth-order valence-corrected chi connectivity index (χ4v) is 3.29. The third kappa shape index (κ3) is 3.15. The van der Waals surface area contributed by atoms with Crippen LogP contribution in [-0.4, -0.2) is 36.1 Å². The SMILES string of the molecule is C[C@@H](O)CSc1nc2c(c(=O)[nH]c(=O)n2C)n1Cc1ccccc1. The summed E-state index contributed by atoms with van der Waals surface area (Å²) in [6.45, 7) is 2.15. The first-order chi connectivity index (χ1) is 11.5. The van der Waals surface area contributed by atoms with Gasteiger partial charge in [0.15, 0.2) is 16.3 Å². The molecule has 8 heteroatoms. The molecule has 3 aromatic rings. The summed E-state index contributed by atoms with van der Waals surface area (Å²) >= 11 is 1.36. The number of fused-ring (bicyclic) bond motifs is 1. The predicted octanol–water partition coefficient (Wildman–Crippen LogP) is 0.944. The molecule has 7 nitrogen and oxygen atoms in total. The molecule has 0 amide bonds. The van der Waals surface area contributed by atoms with E-state index in [0.29, 0.717) is 28.6 Å². The van der Waals surface area contributed by atoms with Crippen molar-refractivity contribution in [2.45, 2.75) is 24.7 Å². The van der Waals surface area contributed by atoms with Crippen molar-refractivity contribution in [2.24, 2.45) is 7.05 Å². The zero-order chi connectivity index (χ0) is 17.3. The molecule has 0 unspecified atom stereocenters. The molecule has 3 rings (SSSR count). The summed E-state index contributed by atoms with van der Waals surface area (Å²) in [7, 11) is 1.57. The number of nitrogens with zero attached hydrogens (tertiary/aromatic N) is 3. The van der Waals surface area contributed by atoms with Crippen LogP contribution in [0.25, 0.3) is 11.2 Å². The summed E-state index contributed by atoms with van der Waals surface area (Å²) in [5.74, 6) is 0.448. The summed E-state index contributed by atoms with van der Waals surface area (Å²) in [4.78, 5) is 30.9. The van der Waals surface area contributed by atoms with E-state index in [0.717, 1.165) is 5.56 Å². The van der Waals surface area contributed by atoms with Crippen molar-refractivity contribution in [2.75, 3.05) is 5.75 Å². The first-order valence-electron chi connectivity index (χ1n) is 7.51. The number of hydrogen-bond donors (Lipinski definition) is 2.